The number of hydrogen-bond donors (Lipinski definition) is 2. The van der Waals surface area contributed by atoms with E-state index in [1.165, 1.54) is 0 Å². The Labute approximate surface area is 198 Å². The minimum Gasteiger partial charge on any atom is -0.496 e. The second-order valence-corrected chi connectivity index (χ2v) is 7.63. The normalized spacial score (nSPS) is 15.4. The van der Waals surface area contributed by atoms with Crippen molar-refractivity contribution in [2.45, 2.75) is 39.2 Å². The number of amides is 1. The first-order chi connectivity index (χ1) is 14.0. The van der Waals surface area contributed by atoms with Gasteiger partial charge in [0.25, 0.3) is 0 Å². The van der Waals surface area contributed by atoms with Crippen molar-refractivity contribution in [2.75, 3.05) is 46.9 Å². The SMILES string of the molecule is CCNC(=NCCCCN1CCC(C(N)=O)CC1)N(C)Cc1ccccc1OC.I. The number of nitrogens with one attached hydrogen (secondary N) is 1. The van der Waals surface area contributed by atoms with E-state index in [2.05, 4.69) is 35.2 Å². The second-order valence-electron chi connectivity index (χ2n) is 7.63. The van der Waals surface area contributed by atoms with Crippen molar-refractivity contribution < 1.29 is 9.53 Å². The molecule has 2 rings (SSSR count). The molecule has 0 aliphatic carbocycles. The number of primary amides is 1. The predicted molar refractivity (Wildman–Crippen MR) is 133 cm³/mol. The van der Waals surface area contributed by atoms with Crippen molar-refractivity contribution in [3.63, 3.8) is 0 Å². The molecule has 1 amide bonds. The van der Waals surface area contributed by atoms with Crippen LogP contribution in [0.1, 0.15) is 38.2 Å². The van der Waals surface area contributed by atoms with E-state index >= 15 is 0 Å². The molecule has 170 valence electrons. The third-order valence-electron chi connectivity index (χ3n) is 5.43. The van der Waals surface area contributed by atoms with E-state index in [0.29, 0.717) is 0 Å². The largest absolute Gasteiger partial charge is 0.496 e. The second kappa shape index (κ2) is 14.5. The zero-order valence-corrected chi connectivity index (χ0v) is 20.9. The van der Waals surface area contributed by atoms with Crippen LogP contribution in [0.5, 0.6) is 5.75 Å². The molecule has 1 aliphatic heterocycles. The van der Waals surface area contributed by atoms with E-state index in [-0.39, 0.29) is 35.8 Å². The average Bonchev–Trinajstić information content (AvgIpc) is 2.73. The molecule has 30 heavy (non-hydrogen) atoms. The number of para-hydroxylation sites is 1. The lowest BCUT2D eigenvalue weighted by Crippen LogP contribution is -2.39. The maximum atomic E-state index is 11.3. The number of carbonyl (C=O) groups excluding carboxylic acids is 1. The first-order valence-electron chi connectivity index (χ1n) is 10.7. The van der Waals surface area contributed by atoms with Gasteiger partial charge >= 0.3 is 0 Å². The van der Waals surface area contributed by atoms with Crippen molar-refractivity contribution in [3.05, 3.63) is 29.8 Å². The summed E-state index contributed by atoms with van der Waals surface area (Å²) in [6.07, 6.45) is 3.95. The number of unbranched alkanes of at least 4 members (excludes halogenated alkanes) is 1. The van der Waals surface area contributed by atoms with Gasteiger partial charge in [0.05, 0.1) is 7.11 Å². The number of rotatable bonds is 10. The molecule has 0 spiro atoms. The zero-order valence-electron chi connectivity index (χ0n) is 18.6. The summed E-state index contributed by atoms with van der Waals surface area (Å²) >= 11 is 0. The van der Waals surface area contributed by atoms with Crippen LogP contribution in [-0.4, -0.2) is 68.5 Å². The van der Waals surface area contributed by atoms with E-state index in [1.54, 1.807) is 7.11 Å². The summed E-state index contributed by atoms with van der Waals surface area (Å²) in [5.74, 6) is 1.74. The Hall–Kier alpha value is -1.55. The standard InChI is InChI=1S/C22H37N5O2.HI/c1-4-24-22(26(2)17-19-9-5-6-10-20(19)29-3)25-13-7-8-14-27-15-11-18(12-16-27)21(23)28;/h5-6,9-10,18H,4,7-8,11-17H2,1-3H3,(H2,23,28)(H,24,25);1H. The van der Waals surface area contributed by atoms with Crippen LogP contribution in [0.3, 0.4) is 0 Å². The maximum Gasteiger partial charge on any atom is 0.220 e. The Morgan fingerprint density at radius 1 is 1.30 bits per heavy atom. The van der Waals surface area contributed by atoms with E-state index in [1.807, 2.05) is 18.2 Å². The molecular weight excluding hydrogens is 493 g/mol. The molecule has 1 fully saturated rings. The number of nitrogens with two attached hydrogens (primary N) is 1. The third kappa shape index (κ3) is 8.67. The monoisotopic (exact) mass is 531 g/mol. The van der Waals surface area contributed by atoms with Crippen molar-refractivity contribution in [1.82, 2.24) is 15.1 Å². The fraction of sp³-hybridized carbons (Fsp3) is 0.636. The molecule has 1 heterocycles. The molecule has 0 saturated carbocycles. The Morgan fingerprint density at radius 3 is 2.63 bits per heavy atom. The number of guanidine groups is 1. The first-order valence-corrected chi connectivity index (χ1v) is 10.7. The van der Waals surface area contributed by atoms with Crippen LogP contribution in [0.25, 0.3) is 0 Å². The van der Waals surface area contributed by atoms with Gasteiger partial charge in [0.1, 0.15) is 5.75 Å². The molecule has 0 bridgehead atoms. The van der Waals surface area contributed by atoms with Gasteiger partial charge in [0.2, 0.25) is 5.91 Å². The number of piperidine rings is 1. The lowest BCUT2D eigenvalue weighted by molar-refractivity contribution is -0.123. The molecule has 1 aromatic rings. The van der Waals surface area contributed by atoms with Crippen LogP contribution in [0, 0.1) is 5.92 Å². The van der Waals surface area contributed by atoms with Crippen molar-refractivity contribution in [1.29, 1.82) is 0 Å². The number of ether oxygens (including phenoxy) is 1. The number of carbonyl (C=O) groups is 1. The minimum atomic E-state index is -0.146. The molecule has 0 radical (unpaired) electrons. The quantitative estimate of drug-likeness (QED) is 0.210. The van der Waals surface area contributed by atoms with E-state index in [4.69, 9.17) is 15.5 Å². The third-order valence-corrected chi connectivity index (χ3v) is 5.43. The van der Waals surface area contributed by atoms with Gasteiger partial charge in [-0.1, -0.05) is 18.2 Å². The Bertz CT molecular complexity index is 663. The first kappa shape index (κ1) is 26.5. The number of likely N-dealkylation sites (tertiary alicyclic amines) is 1. The lowest BCUT2D eigenvalue weighted by Gasteiger charge is -2.30. The minimum absolute atomic E-state index is 0. The molecule has 0 atom stereocenters. The number of halogens is 1. The highest BCUT2D eigenvalue weighted by Crippen LogP contribution is 2.19. The highest BCUT2D eigenvalue weighted by atomic mass is 127. The topological polar surface area (TPSA) is 83.2 Å². The summed E-state index contributed by atoms with van der Waals surface area (Å²) in [4.78, 5) is 20.6. The van der Waals surface area contributed by atoms with Gasteiger partial charge < -0.3 is 25.6 Å². The Kier molecular flexibility index (Phi) is 12.8. The van der Waals surface area contributed by atoms with Gasteiger partial charge in [-0.25, -0.2) is 0 Å². The van der Waals surface area contributed by atoms with Gasteiger partial charge in [-0.2, -0.15) is 0 Å². The summed E-state index contributed by atoms with van der Waals surface area (Å²) in [6.45, 7) is 7.48. The zero-order chi connectivity index (χ0) is 21.1. The molecule has 1 aromatic carbocycles. The summed E-state index contributed by atoms with van der Waals surface area (Å²) in [5.41, 5.74) is 6.55. The fourth-order valence-corrected chi connectivity index (χ4v) is 3.71. The highest BCUT2D eigenvalue weighted by Gasteiger charge is 2.22. The number of benzene rings is 1. The number of aliphatic imine (C=N–C) groups is 1. The van der Waals surface area contributed by atoms with Gasteiger partial charge in [-0.15, -0.1) is 24.0 Å². The lowest BCUT2D eigenvalue weighted by atomic mass is 9.96. The molecule has 0 aromatic heterocycles. The van der Waals surface area contributed by atoms with Crippen molar-refractivity contribution in [3.8, 4) is 5.75 Å². The Morgan fingerprint density at radius 2 is 2.00 bits per heavy atom. The molecule has 1 saturated heterocycles. The summed E-state index contributed by atoms with van der Waals surface area (Å²) in [6, 6.07) is 8.08. The smallest absolute Gasteiger partial charge is 0.220 e. The number of hydrogen-bond acceptors (Lipinski definition) is 4. The maximum absolute atomic E-state index is 11.3. The van der Waals surface area contributed by atoms with Crippen molar-refractivity contribution >= 4 is 35.8 Å². The summed E-state index contributed by atoms with van der Waals surface area (Å²) in [7, 11) is 3.76. The van der Waals surface area contributed by atoms with E-state index in [9.17, 15) is 4.79 Å². The highest BCUT2D eigenvalue weighted by molar-refractivity contribution is 14.0. The van der Waals surface area contributed by atoms with Crippen LogP contribution >= 0.6 is 24.0 Å². The number of methoxy groups -OCH3 is 1. The number of nitrogens with zero attached hydrogens (tertiary/aromatic N) is 3. The van der Waals surface area contributed by atoms with Crippen molar-refractivity contribution in [2.24, 2.45) is 16.6 Å². The Balaban J connectivity index is 0.00000450. The summed E-state index contributed by atoms with van der Waals surface area (Å²) < 4.78 is 5.46. The van der Waals surface area contributed by atoms with E-state index < -0.39 is 0 Å². The average molecular weight is 531 g/mol. The van der Waals surface area contributed by atoms with E-state index in [0.717, 1.165) is 82.2 Å². The van der Waals surface area contributed by atoms with Crippen LogP contribution in [0.15, 0.2) is 29.3 Å². The molecule has 8 heteroatoms. The molecule has 1 aliphatic rings. The van der Waals surface area contributed by atoms with Gasteiger partial charge in [0, 0.05) is 38.2 Å². The fourth-order valence-electron chi connectivity index (χ4n) is 3.71. The van der Waals surface area contributed by atoms with Gasteiger partial charge in [0.15, 0.2) is 5.96 Å². The molecule has 0 unspecified atom stereocenters. The van der Waals surface area contributed by atoms with Crippen LogP contribution < -0.4 is 15.8 Å². The van der Waals surface area contributed by atoms with Crippen LogP contribution in [0.2, 0.25) is 0 Å². The molecule has 7 nitrogen and oxygen atoms in total. The van der Waals surface area contributed by atoms with Crippen LogP contribution in [-0.2, 0) is 11.3 Å². The predicted octanol–water partition coefficient (Wildman–Crippen LogP) is 2.69. The van der Waals surface area contributed by atoms with Gasteiger partial charge in [-0.3, -0.25) is 9.79 Å². The van der Waals surface area contributed by atoms with Crippen LogP contribution in [0.4, 0.5) is 0 Å². The summed E-state index contributed by atoms with van der Waals surface area (Å²) in [5, 5.41) is 3.38. The molecular formula is C22H38IN5O2. The molecule has 3 N–H and O–H groups in total. The van der Waals surface area contributed by atoms with Gasteiger partial charge in [-0.05, 0) is 58.3 Å².